The van der Waals surface area contributed by atoms with Gasteiger partial charge in [-0.15, -0.1) is 0 Å². The highest BCUT2D eigenvalue weighted by Crippen LogP contribution is 2.27. The van der Waals surface area contributed by atoms with Gasteiger partial charge in [-0.05, 0) is 42.0 Å². The van der Waals surface area contributed by atoms with Gasteiger partial charge in [0.1, 0.15) is 12.4 Å². The molecule has 0 aliphatic rings. The molecule has 2 aromatic rings. The molecule has 1 N–H and O–H groups in total. The van der Waals surface area contributed by atoms with Crippen LogP contribution in [0.1, 0.15) is 37.8 Å². The number of aryl methyl sites for hydroxylation is 1. The Bertz CT molecular complexity index is 664. The molecule has 0 unspecified atom stereocenters. The lowest BCUT2D eigenvalue weighted by molar-refractivity contribution is -0.310. The van der Waals surface area contributed by atoms with Crippen molar-refractivity contribution in [3.05, 3.63) is 65.7 Å². The highest BCUT2D eigenvalue weighted by molar-refractivity contribution is 5.65. The van der Waals surface area contributed by atoms with Crippen LogP contribution in [0.25, 0.3) is 0 Å². The van der Waals surface area contributed by atoms with Crippen molar-refractivity contribution in [2.75, 3.05) is 0 Å². The molecule has 0 spiro atoms. The average Bonchev–Trinajstić information content (AvgIpc) is 2.59. The predicted octanol–water partition coefficient (Wildman–Crippen LogP) is 2.73. The Labute approximate surface area is 149 Å². The van der Waals surface area contributed by atoms with Gasteiger partial charge >= 0.3 is 0 Å². The van der Waals surface area contributed by atoms with Gasteiger partial charge in [0.2, 0.25) is 0 Å². The number of aliphatic carboxylic acids is 1. The molecule has 0 aromatic heterocycles. The molecule has 0 saturated carbocycles. The number of carbonyl (C=O) groups is 1. The fraction of sp³-hybridized carbons (Fsp3) is 0.381. The molecule has 0 saturated heterocycles. The van der Waals surface area contributed by atoms with E-state index in [2.05, 4.69) is 0 Å². The molecular weight excluding hydrogens is 316 g/mol. The molecule has 0 fully saturated rings. The van der Waals surface area contributed by atoms with E-state index in [1.807, 2.05) is 68.4 Å². The molecule has 4 nitrogen and oxygen atoms in total. The third-order valence-electron chi connectivity index (χ3n) is 4.54. The quantitative estimate of drug-likeness (QED) is 0.761. The Balaban J connectivity index is 1.90. The van der Waals surface area contributed by atoms with Crippen LogP contribution in [0.2, 0.25) is 0 Å². The summed E-state index contributed by atoms with van der Waals surface area (Å²) in [6.07, 6.45) is 0.632. The largest absolute Gasteiger partial charge is 0.550 e. The number of ether oxygens (including phenoxy) is 1. The van der Waals surface area contributed by atoms with E-state index in [-0.39, 0.29) is 12.3 Å². The second kappa shape index (κ2) is 8.67. The number of carboxylic acid groups (broad SMARTS) is 1. The van der Waals surface area contributed by atoms with E-state index >= 15 is 0 Å². The van der Waals surface area contributed by atoms with E-state index in [9.17, 15) is 15.0 Å². The lowest BCUT2D eigenvalue weighted by atomic mass is 9.82. The number of rotatable bonds is 9. The second-order valence-corrected chi connectivity index (χ2v) is 6.73. The van der Waals surface area contributed by atoms with Crippen molar-refractivity contribution in [3.8, 4) is 5.75 Å². The maximum absolute atomic E-state index is 10.9. The topological polar surface area (TPSA) is 69.6 Å². The first-order valence-corrected chi connectivity index (χ1v) is 8.57. The fourth-order valence-corrected chi connectivity index (χ4v) is 2.69. The standard InChI is InChI=1S/C21H26O4/c1-16(2)21(24,14-20(22)23)13-12-17-8-10-19(11-9-17)25-15-18-6-4-3-5-7-18/h3-11,16,24H,12-15H2,1-2H3,(H,22,23)/p-1/t21-/m0/s1. The highest BCUT2D eigenvalue weighted by atomic mass is 16.5. The molecule has 0 heterocycles. The van der Waals surface area contributed by atoms with Gasteiger partial charge in [-0.1, -0.05) is 56.3 Å². The van der Waals surface area contributed by atoms with Crippen LogP contribution >= 0.6 is 0 Å². The van der Waals surface area contributed by atoms with Crippen LogP contribution in [0.15, 0.2) is 54.6 Å². The van der Waals surface area contributed by atoms with Crippen molar-refractivity contribution in [3.63, 3.8) is 0 Å². The van der Waals surface area contributed by atoms with Crippen LogP contribution < -0.4 is 9.84 Å². The van der Waals surface area contributed by atoms with Gasteiger partial charge in [0.15, 0.2) is 0 Å². The minimum Gasteiger partial charge on any atom is -0.550 e. The van der Waals surface area contributed by atoms with E-state index in [4.69, 9.17) is 4.74 Å². The first-order valence-electron chi connectivity index (χ1n) is 8.57. The van der Waals surface area contributed by atoms with Crippen LogP contribution in [0.5, 0.6) is 5.75 Å². The van der Waals surface area contributed by atoms with Crippen LogP contribution in [0.4, 0.5) is 0 Å². The number of benzene rings is 2. The van der Waals surface area contributed by atoms with Gasteiger partial charge in [0, 0.05) is 12.4 Å². The van der Waals surface area contributed by atoms with Crippen molar-refractivity contribution in [2.24, 2.45) is 5.92 Å². The molecule has 2 rings (SSSR count). The summed E-state index contributed by atoms with van der Waals surface area (Å²) in [6.45, 7) is 4.16. The van der Waals surface area contributed by atoms with Crippen LogP contribution in [-0.2, 0) is 17.8 Å². The Morgan fingerprint density at radius 3 is 2.28 bits per heavy atom. The second-order valence-electron chi connectivity index (χ2n) is 6.73. The van der Waals surface area contributed by atoms with Gasteiger partial charge in [0.05, 0.1) is 5.60 Å². The molecule has 2 aromatic carbocycles. The zero-order valence-corrected chi connectivity index (χ0v) is 14.8. The summed E-state index contributed by atoms with van der Waals surface area (Å²) in [4.78, 5) is 10.9. The fourth-order valence-electron chi connectivity index (χ4n) is 2.69. The Morgan fingerprint density at radius 2 is 1.72 bits per heavy atom. The van der Waals surface area contributed by atoms with E-state index < -0.39 is 11.6 Å². The third kappa shape index (κ3) is 5.91. The van der Waals surface area contributed by atoms with E-state index in [1.54, 1.807) is 0 Å². The Hall–Kier alpha value is -2.33. The summed E-state index contributed by atoms with van der Waals surface area (Å²) in [5.41, 5.74) is 0.891. The lowest BCUT2D eigenvalue weighted by Crippen LogP contribution is -2.42. The molecule has 134 valence electrons. The average molecular weight is 341 g/mol. The molecule has 0 bridgehead atoms. The van der Waals surface area contributed by atoms with Gasteiger partial charge in [0.25, 0.3) is 0 Å². The number of aliphatic hydroxyl groups is 1. The number of carboxylic acids is 1. The van der Waals surface area contributed by atoms with E-state index in [0.717, 1.165) is 16.9 Å². The molecule has 0 aliphatic carbocycles. The molecular formula is C21H25O4-. The maximum atomic E-state index is 10.9. The summed E-state index contributed by atoms with van der Waals surface area (Å²) >= 11 is 0. The van der Waals surface area contributed by atoms with Crippen molar-refractivity contribution < 1.29 is 19.7 Å². The number of carbonyl (C=O) groups excluding carboxylic acids is 1. The lowest BCUT2D eigenvalue weighted by Gasteiger charge is -2.32. The zero-order valence-electron chi connectivity index (χ0n) is 14.8. The number of hydrogen-bond acceptors (Lipinski definition) is 4. The molecule has 4 heteroatoms. The smallest absolute Gasteiger partial charge is 0.119 e. The number of hydrogen-bond donors (Lipinski definition) is 1. The van der Waals surface area contributed by atoms with Gasteiger partial charge in [-0.3, -0.25) is 0 Å². The minimum absolute atomic E-state index is 0.154. The van der Waals surface area contributed by atoms with Crippen LogP contribution in [0, 0.1) is 5.92 Å². The summed E-state index contributed by atoms with van der Waals surface area (Å²) in [6, 6.07) is 17.6. The Kier molecular flexibility index (Phi) is 6.59. The van der Waals surface area contributed by atoms with E-state index in [0.29, 0.717) is 19.4 Å². The zero-order chi connectivity index (χ0) is 18.3. The molecule has 0 radical (unpaired) electrons. The third-order valence-corrected chi connectivity index (χ3v) is 4.54. The first kappa shape index (κ1) is 19.0. The Morgan fingerprint density at radius 1 is 1.08 bits per heavy atom. The van der Waals surface area contributed by atoms with Crippen LogP contribution in [0.3, 0.4) is 0 Å². The molecule has 0 aliphatic heterocycles. The minimum atomic E-state index is -1.25. The molecule has 0 amide bonds. The summed E-state index contributed by atoms with van der Waals surface area (Å²) in [5.74, 6) is -0.596. The van der Waals surface area contributed by atoms with Gasteiger partial charge in [-0.2, -0.15) is 0 Å². The SMILES string of the molecule is CC(C)[C@](O)(CCc1ccc(OCc2ccccc2)cc1)CC(=O)[O-]. The highest BCUT2D eigenvalue weighted by Gasteiger charge is 2.30. The van der Waals surface area contributed by atoms with Crippen molar-refractivity contribution in [1.82, 2.24) is 0 Å². The summed E-state index contributed by atoms with van der Waals surface area (Å²) < 4.78 is 5.75. The van der Waals surface area contributed by atoms with Crippen molar-refractivity contribution in [1.29, 1.82) is 0 Å². The van der Waals surface area contributed by atoms with Crippen LogP contribution in [-0.4, -0.2) is 16.7 Å². The summed E-state index contributed by atoms with van der Waals surface area (Å²) in [5, 5.41) is 21.4. The normalized spacial score (nSPS) is 13.4. The molecule has 1 atom stereocenters. The van der Waals surface area contributed by atoms with Gasteiger partial charge in [-0.25, -0.2) is 0 Å². The predicted molar refractivity (Wildman–Crippen MR) is 94.9 cm³/mol. The van der Waals surface area contributed by atoms with Gasteiger partial charge < -0.3 is 19.7 Å². The monoisotopic (exact) mass is 341 g/mol. The maximum Gasteiger partial charge on any atom is 0.119 e. The first-order chi connectivity index (χ1) is 11.9. The van der Waals surface area contributed by atoms with Crippen molar-refractivity contribution >= 4 is 5.97 Å². The van der Waals surface area contributed by atoms with Crippen molar-refractivity contribution in [2.45, 2.75) is 45.3 Å². The summed E-state index contributed by atoms with van der Waals surface area (Å²) in [7, 11) is 0. The molecule has 25 heavy (non-hydrogen) atoms. The van der Waals surface area contributed by atoms with E-state index in [1.165, 1.54) is 0 Å².